The van der Waals surface area contributed by atoms with E-state index in [0.717, 1.165) is 34.5 Å². The number of hydrogen-bond donors (Lipinski definition) is 2. The number of nitrogens with one attached hydrogen (secondary N) is 2. The van der Waals surface area contributed by atoms with Crippen molar-refractivity contribution in [2.24, 2.45) is 5.92 Å². The van der Waals surface area contributed by atoms with Gasteiger partial charge < -0.3 is 10.6 Å². The Morgan fingerprint density at radius 1 is 1.03 bits per heavy atom. The fourth-order valence-electron chi connectivity index (χ4n) is 4.83. The van der Waals surface area contributed by atoms with Gasteiger partial charge in [-0.15, -0.1) is 0 Å². The summed E-state index contributed by atoms with van der Waals surface area (Å²) in [4.78, 5) is 13.2. The Bertz CT molecular complexity index is 1180. The number of halogens is 1. The van der Waals surface area contributed by atoms with Crippen LogP contribution in [0.5, 0.6) is 0 Å². The van der Waals surface area contributed by atoms with Crippen molar-refractivity contribution in [2.45, 2.75) is 32.2 Å². The second-order valence-electron chi connectivity index (χ2n) is 8.55. The van der Waals surface area contributed by atoms with E-state index in [4.69, 9.17) is 0 Å². The summed E-state index contributed by atoms with van der Waals surface area (Å²) in [7, 11) is 0. The molecule has 1 amide bonds. The highest BCUT2D eigenvalue weighted by atomic mass is 19.1. The van der Waals surface area contributed by atoms with Gasteiger partial charge in [0.15, 0.2) is 0 Å². The van der Waals surface area contributed by atoms with Crippen molar-refractivity contribution in [1.82, 2.24) is 0 Å². The molecule has 31 heavy (non-hydrogen) atoms. The summed E-state index contributed by atoms with van der Waals surface area (Å²) < 4.78 is 13.5. The first kappa shape index (κ1) is 19.6. The molecule has 0 radical (unpaired) electrons. The van der Waals surface area contributed by atoms with E-state index in [1.165, 1.54) is 17.7 Å². The Morgan fingerprint density at radius 2 is 1.84 bits per heavy atom. The number of anilines is 2. The standard InChI is InChI=1S/C27H25FN2O/c1-16-9-14-20(15-17(16)2)29-27(31)24-8-4-7-23-21-5-3-6-22(21)25(30-26(23)24)18-10-12-19(28)13-11-18/h3-5,7-15,21-22,25,30H,6H2,1-2H3,(H,29,31). The van der Waals surface area contributed by atoms with Crippen molar-refractivity contribution < 1.29 is 9.18 Å². The lowest BCUT2D eigenvalue weighted by atomic mass is 9.76. The molecule has 2 N–H and O–H groups in total. The van der Waals surface area contributed by atoms with Crippen LogP contribution in [0.3, 0.4) is 0 Å². The molecule has 0 spiro atoms. The quantitative estimate of drug-likeness (QED) is 0.481. The molecule has 3 atom stereocenters. The van der Waals surface area contributed by atoms with E-state index in [0.29, 0.717) is 11.5 Å². The smallest absolute Gasteiger partial charge is 0.257 e. The molecule has 5 rings (SSSR count). The van der Waals surface area contributed by atoms with Crippen LogP contribution in [0, 0.1) is 25.6 Å². The summed E-state index contributed by atoms with van der Waals surface area (Å²) >= 11 is 0. The first-order valence-electron chi connectivity index (χ1n) is 10.7. The summed E-state index contributed by atoms with van der Waals surface area (Å²) in [5, 5.41) is 6.69. The van der Waals surface area contributed by atoms with Crippen molar-refractivity contribution in [3.05, 3.63) is 106 Å². The predicted molar refractivity (Wildman–Crippen MR) is 123 cm³/mol. The van der Waals surface area contributed by atoms with E-state index in [1.807, 2.05) is 49.4 Å². The number of benzene rings is 3. The summed E-state index contributed by atoms with van der Waals surface area (Å²) in [5.74, 6) is 0.206. The summed E-state index contributed by atoms with van der Waals surface area (Å²) in [6.07, 6.45) is 5.41. The van der Waals surface area contributed by atoms with Crippen molar-refractivity contribution in [3.8, 4) is 0 Å². The summed E-state index contributed by atoms with van der Waals surface area (Å²) in [6, 6.07) is 18.6. The number of aryl methyl sites for hydroxylation is 2. The lowest BCUT2D eigenvalue weighted by Gasteiger charge is -2.38. The minimum Gasteiger partial charge on any atom is -0.377 e. The Kier molecular flexibility index (Phi) is 4.85. The minimum absolute atomic E-state index is 0.0173. The largest absolute Gasteiger partial charge is 0.377 e. The van der Waals surface area contributed by atoms with Gasteiger partial charge in [-0.1, -0.05) is 42.5 Å². The van der Waals surface area contributed by atoms with Gasteiger partial charge in [0.1, 0.15) is 5.82 Å². The van der Waals surface area contributed by atoms with Crippen molar-refractivity contribution >= 4 is 17.3 Å². The van der Waals surface area contributed by atoms with Crippen LogP contribution in [0.1, 0.15) is 51.0 Å². The molecule has 3 aromatic carbocycles. The molecular weight excluding hydrogens is 387 g/mol. The van der Waals surface area contributed by atoms with Crippen LogP contribution in [0.4, 0.5) is 15.8 Å². The average molecular weight is 413 g/mol. The third-order valence-corrected chi connectivity index (χ3v) is 6.64. The molecule has 3 nitrogen and oxygen atoms in total. The summed E-state index contributed by atoms with van der Waals surface area (Å²) in [5.41, 5.74) is 6.79. The van der Waals surface area contributed by atoms with Crippen molar-refractivity contribution in [2.75, 3.05) is 10.6 Å². The Labute approximate surface area is 182 Å². The van der Waals surface area contributed by atoms with Gasteiger partial charge in [-0.25, -0.2) is 4.39 Å². The fourth-order valence-corrected chi connectivity index (χ4v) is 4.83. The van der Waals surface area contributed by atoms with Crippen LogP contribution in [0.15, 0.2) is 72.8 Å². The Hall–Kier alpha value is -3.40. The molecule has 0 bridgehead atoms. The number of carbonyl (C=O) groups excluding carboxylic acids is 1. The van der Waals surface area contributed by atoms with Gasteiger partial charge >= 0.3 is 0 Å². The van der Waals surface area contributed by atoms with Gasteiger partial charge in [0.05, 0.1) is 17.3 Å². The molecule has 0 saturated carbocycles. The monoisotopic (exact) mass is 412 g/mol. The second kappa shape index (κ2) is 7.69. The molecular formula is C27H25FN2O. The van der Waals surface area contributed by atoms with Gasteiger partial charge in [0.25, 0.3) is 5.91 Å². The normalized spacial score (nSPS) is 21.2. The summed E-state index contributed by atoms with van der Waals surface area (Å²) in [6.45, 7) is 4.09. The molecule has 0 fully saturated rings. The van der Waals surface area contributed by atoms with E-state index in [2.05, 4.69) is 35.8 Å². The average Bonchev–Trinajstić information content (AvgIpc) is 3.26. The number of rotatable bonds is 3. The van der Waals surface area contributed by atoms with Gasteiger partial charge in [-0.2, -0.15) is 0 Å². The molecule has 1 heterocycles. The van der Waals surface area contributed by atoms with E-state index >= 15 is 0 Å². The molecule has 1 aliphatic heterocycles. The lowest BCUT2D eigenvalue weighted by molar-refractivity contribution is 0.102. The molecule has 2 aliphatic rings. The van der Waals surface area contributed by atoms with Crippen LogP contribution in [-0.4, -0.2) is 5.91 Å². The first-order chi connectivity index (χ1) is 15.0. The molecule has 0 aromatic heterocycles. The second-order valence-corrected chi connectivity index (χ2v) is 8.55. The number of amides is 1. The fraction of sp³-hybridized carbons (Fsp3) is 0.222. The van der Waals surface area contributed by atoms with E-state index < -0.39 is 0 Å². The maximum atomic E-state index is 13.5. The molecule has 156 valence electrons. The van der Waals surface area contributed by atoms with Crippen molar-refractivity contribution in [1.29, 1.82) is 0 Å². The van der Waals surface area contributed by atoms with Crippen molar-refractivity contribution in [3.63, 3.8) is 0 Å². The predicted octanol–water partition coefficient (Wildman–Crippen LogP) is 6.52. The van der Waals surface area contributed by atoms with Gasteiger partial charge in [-0.3, -0.25) is 4.79 Å². The van der Waals surface area contributed by atoms with Gasteiger partial charge in [-0.05, 0) is 78.8 Å². The van der Waals surface area contributed by atoms with Crippen LogP contribution in [-0.2, 0) is 0 Å². The number of hydrogen-bond acceptors (Lipinski definition) is 2. The van der Waals surface area contributed by atoms with E-state index in [9.17, 15) is 9.18 Å². The minimum atomic E-state index is -0.241. The van der Waals surface area contributed by atoms with E-state index in [-0.39, 0.29) is 23.7 Å². The third kappa shape index (κ3) is 3.52. The zero-order valence-corrected chi connectivity index (χ0v) is 17.7. The molecule has 0 saturated heterocycles. The highest BCUT2D eigenvalue weighted by Gasteiger charge is 2.39. The van der Waals surface area contributed by atoms with Crippen LogP contribution in [0.2, 0.25) is 0 Å². The number of allylic oxidation sites excluding steroid dienone is 2. The maximum Gasteiger partial charge on any atom is 0.257 e. The highest BCUT2D eigenvalue weighted by Crippen LogP contribution is 2.50. The number of para-hydroxylation sites is 1. The van der Waals surface area contributed by atoms with Crippen LogP contribution < -0.4 is 10.6 Å². The van der Waals surface area contributed by atoms with Crippen LogP contribution in [0.25, 0.3) is 0 Å². The highest BCUT2D eigenvalue weighted by molar-refractivity contribution is 6.08. The zero-order chi connectivity index (χ0) is 21.5. The van der Waals surface area contributed by atoms with E-state index in [1.54, 1.807) is 0 Å². The topological polar surface area (TPSA) is 41.1 Å². The number of fused-ring (bicyclic) bond motifs is 3. The SMILES string of the molecule is Cc1ccc(NC(=O)c2cccc3c2NC(c2ccc(F)cc2)C2CC=CC32)cc1C. The zero-order valence-electron chi connectivity index (χ0n) is 17.7. The van der Waals surface area contributed by atoms with Gasteiger partial charge in [0.2, 0.25) is 0 Å². The first-order valence-corrected chi connectivity index (χ1v) is 10.7. The van der Waals surface area contributed by atoms with Crippen LogP contribution >= 0.6 is 0 Å². The third-order valence-electron chi connectivity index (χ3n) is 6.64. The molecule has 3 unspecified atom stereocenters. The Morgan fingerprint density at radius 3 is 2.61 bits per heavy atom. The molecule has 1 aliphatic carbocycles. The lowest BCUT2D eigenvalue weighted by Crippen LogP contribution is -2.30. The molecule has 3 aromatic rings. The van der Waals surface area contributed by atoms with Gasteiger partial charge in [0, 0.05) is 11.6 Å². The number of carbonyl (C=O) groups is 1. The molecule has 4 heteroatoms. The Balaban J connectivity index is 1.51. The maximum absolute atomic E-state index is 13.5.